The Morgan fingerprint density at radius 1 is 1.05 bits per heavy atom. The van der Waals surface area contributed by atoms with Crippen LogP contribution in [0.3, 0.4) is 0 Å². The van der Waals surface area contributed by atoms with Gasteiger partial charge in [0.1, 0.15) is 0 Å². The van der Waals surface area contributed by atoms with Gasteiger partial charge in [-0.2, -0.15) is 4.98 Å². The fourth-order valence-electron chi connectivity index (χ4n) is 6.56. The van der Waals surface area contributed by atoms with Crippen molar-refractivity contribution in [1.82, 2.24) is 19.8 Å². The largest absolute Gasteiger partial charge is 0.450 e. The molecular formula is C30H46N10O2. The Labute approximate surface area is 247 Å². The number of guanidine groups is 1. The molecule has 2 fully saturated rings. The lowest BCUT2D eigenvalue weighted by Crippen LogP contribution is -2.41. The smallest absolute Gasteiger partial charge is 0.350 e. The summed E-state index contributed by atoms with van der Waals surface area (Å²) < 4.78 is 8.02. The maximum Gasteiger partial charge on any atom is 0.350 e. The number of unbranched alkanes of at least 4 members (excludes halogenated alkanes) is 1. The number of aromatic nitrogens is 2. The van der Waals surface area contributed by atoms with Gasteiger partial charge >= 0.3 is 5.69 Å². The van der Waals surface area contributed by atoms with Crippen LogP contribution in [0.15, 0.2) is 34.2 Å². The normalized spacial score (nSPS) is 20.2. The highest BCUT2D eigenvalue weighted by Gasteiger charge is 2.29. The average molecular weight is 579 g/mol. The van der Waals surface area contributed by atoms with Crippen molar-refractivity contribution >= 4 is 23.3 Å². The molecule has 1 aliphatic carbocycles. The van der Waals surface area contributed by atoms with Gasteiger partial charge in [-0.1, -0.05) is 6.07 Å². The first-order valence-corrected chi connectivity index (χ1v) is 15.4. The second-order valence-corrected chi connectivity index (χ2v) is 11.8. The van der Waals surface area contributed by atoms with Gasteiger partial charge in [-0.25, -0.2) is 4.79 Å². The van der Waals surface area contributed by atoms with E-state index < -0.39 is 0 Å². The average Bonchev–Trinajstić information content (AvgIpc) is 2.99. The lowest BCUT2D eigenvalue weighted by molar-refractivity contribution is 0.133. The van der Waals surface area contributed by atoms with E-state index >= 15 is 0 Å². The van der Waals surface area contributed by atoms with Crippen molar-refractivity contribution < 1.29 is 4.74 Å². The van der Waals surface area contributed by atoms with E-state index in [9.17, 15) is 4.79 Å². The monoisotopic (exact) mass is 578 g/mol. The summed E-state index contributed by atoms with van der Waals surface area (Å²) >= 11 is 0. The maximum atomic E-state index is 13.2. The van der Waals surface area contributed by atoms with Gasteiger partial charge in [0.2, 0.25) is 0 Å². The minimum atomic E-state index is -0.246. The van der Waals surface area contributed by atoms with Crippen molar-refractivity contribution in [2.75, 3.05) is 38.0 Å². The standard InChI is InChI=1S/C30H46N10O2/c31-27(32)4-1-2-16-39(17-3-13-36-29(33)34)22-6-8-23(9-7-22)40-19-26-28(38-30(40)41)37-24-18-21(5-10-25(24)42-26)20-11-14-35-15-12-20/h5,10,18-20,22-23,35H,1-4,6-9,11-17H2,(H3,31,32)(H4,33,34,36)(H,37,38,41). The molecule has 1 aromatic carbocycles. The molecule has 0 spiro atoms. The van der Waals surface area contributed by atoms with E-state index in [4.69, 9.17) is 27.3 Å². The number of nitrogens with one attached hydrogen (secondary N) is 3. The van der Waals surface area contributed by atoms with Gasteiger partial charge < -0.3 is 37.5 Å². The van der Waals surface area contributed by atoms with E-state index in [0.29, 0.717) is 36.5 Å². The van der Waals surface area contributed by atoms with Crippen LogP contribution >= 0.6 is 0 Å². The van der Waals surface area contributed by atoms with E-state index in [-0.39, 0.29) is 23.5 Å². The molecule has 0 unspecified atom stereocenters. The number of ether oxygens (including phenoxy) is 1. The molecule has 1 aromatic heterocycles. The third-order valence-electron chi connectivity index (χ3n) is 8.82. The van der Waals surface area contributed by atoms with E-state index in [2.05, 4.69) is 37.6 Å². The number of hydrogen-bond donors (Lipinski definition) is 6. The number of nitrogens with two attached hydrogens (primary N) is 3. The first kappa shape index (κ1) is 29.8. The molecule has 3 heterocycles. The maximum absolute atomic E-state index is 13.2. The Bertz CT molecular complexity index is 1310. The second-order valence-electron chi connectivity index (χ2n) is 11.8. The zero-order valence-electron chi connectivity index (χ0n) is 24.5. The number of amidine groups is 1. The van der Waals surface area contributed by atoms with Gasteiger partial charge in [-0.3, -0.25) is 15.0 Å². The van der Waals surface area contributed by atoms with Crippen LogP contribution in [0.2, 0.25) is 0 Å². The van der Waals surface area contributed by atoms with Crippen LogP contribution in [0, 0.1) is 5.41 Å². The molecule has 0 amide bonds. The molecule has 12 heteroatoms. The summed E-state index contributed by atoms with van der Waals surface area (Å²) in [4.78, 5) is 24.2. The number of benzene rings is 1. The minimum Gasteiger partial charge on any atom is -0.450 e. The van der Waals surface area contributed by atoms with E-state index in [1.54, 1.807) is 4.57 Å². The molecular weight excluding hydrogens is 532 g/mol. The first-order chi connectivity index (χ1) is 20.4. The lowest BCUT2D eigenvalue weighted by Gasteiger charge is -2.37. The van der Waals surface area contributed by atoms with Gasteiger partial charge in [0.15, 0.2) is 23.3 Å². The van der Waals surface area contributed by atoms with Crippen LogP contribution in [-0.2, 0) is 0 Å². The molecule has 0 radical (unpaired) electrons. The van der Waals surface area contributed by atoms with Crippen LogP contribution < -0.4 is 38.3 Å². The molecule has 42 heavy (non-hydrogen) atoms. The van der Waals surface area contributed by atoms with Crippen LogP contribution in [-0.4, -0.2) is 65.0 Å². The van der Waals surface area contributed by atoms with Crippen LogP contribution in [0.25, 0.3) is 0 Å². The number of nitrogens with zero attached hydrogens (tertiary/aromatic N) is 4. The summed E-state index contributed by atoms with van der Waals surface area (Å²) in [6, 6.07) is 6.85. The fraction of sp³-hybridized carbons (Fsp3) is 0.600. The number of fused-ring (bicyclic) bond motifs is 2. The SMILES string of the molecule is N=C(N)CCCCN(CCCN=C(N)N)C1CCC(n2cc3c(nc2=O)Nc2cc(C4CCNCC4)ccc2O3)CC1. The van der Waals surface area contributed by atoms with Crippen LogP contribution in [0.1, 0.15) is 81.7 Å². The summed E-state index contributed by atoms with van der Waals surface area (Å²) in [5, 5.41) is 14.3. The molecule has 5 rings (SSSR count). The molecule has 1 saturated heterocycles. The Morgan fingerprint density at radius 3 is 2.55 bits per heavy atom. The molecule has 9 N–H and O–H groups in total. The third kappa shape index (κ3) is 7.60. The van der Waals surface area contributed by atoms with Crippen molar-refractivity contribution in [3.63, 3.8) is 0 Å². The molecule has 0 bridgehead atoms. The molecule has 2 aliphatic heterocycles. The summed E-state index contributed by atoms with van der Waals surface area (Å²) in [5.74, 6) is 2.73. The van der Waals surface area contributed by atoms with Gasteiger partial charge in [0.25, 0.3) is 0 Å². The van der Waals surface area contributed by atoms with Crippen LogP contribution in [0.4, 0.5) is 11.5 Å². The fourth-order valence-corrected chi connectivity index (χ4v) is 6.56. The highest BCUT2D eigenvalue weighted by Crippen LogP contribution is 2.43. The molecule has 1 saturated carbocycles. The second kappa shape index (κ2) is 14.0. The summed E-state index contributed by atoms with van der Waals surface area (Å²) in [6.45, 7) is 4.54. The molecule has 228 valence electrons. The number of aliphatic imine (C=N–C) groups is 1. The predicted octanol–water partition coefficient (Wildman–Crippen LogP) is 3.12. The van der Waals surface area contributed by atoms with Gasteiger partial charge in [-0.15, -0.1) is 0 Å². The van der Waals surface area contributed by atoms with Crippen molar-refractivity contribution in [2.45, 2.75) is 82.2 Å². The van der Waals surface area contributed by atoms with E-state index in [1.165, 1.54) is 5.56 Å². The van der Waals surface area contributed by atoms with E-state index in [0.717, 1.165) is 95.4 Å². The van der Waals surface area contributed by atoms with Gasteiger partial charge in [0, 0.05) is 31.6 Å². The Morgan fingerprint density at radius 2 is 1.81 bits per heavy atom. The van der Waals surface area contributed by atoms with Crippen molar-refractivity contribution in [1.29, 1.82) is 5.41 Å². The summed E-state index contributed by atoms with van der Waals surface area (Å²) in [7, 11) is 0. The number of piperidine rings is 1. The van der Waals surface area contributed by atoms with Gasteiger partial charge in [0.05, 0.1) is 17.7 Å². The van der Waals surface area contributed by atoms with Crippen molar-refractivity contribution in [3.8, 4) is 11.5 Å². The molecule has 2 aromatic rings. The van der Waals surface area contributed by atoms with Crippen molar-refractivity contribution in [2.24, 2.45) is 22.2 Å². The molecule has 3 aliphatic rings. The number of hydrogen-bond acceptors (Lipinski definition) is 8. The number of rotatable bonds is 12. The highest BCUT2D eigenvalue weighted by atomic mass is 16.5. The third-order valence-corrected chi connectivity index (χ3v) is 8.82. The summed E-state index contributed by atoms with van der Waals surface area (Å²) in [5.41, 5.74) is 18.5. The Hall–Kier alpha value is -3.64. The van der Waals surface area contributed by atoms with Crippen molar-refractivity contribution in [3.05, 3.63) is 40.4 Å². The predicted molar refractivity (Wildman–Crippen MR) is 167 cm³/mol. The van der Waals surface area contributed by atoms with Gasteiger partial charge in [-0.05, 0) is 101 Å². The number of anilines is 2. The Balaban J connectivity index is 1.21. The zero-order valence-corrected chi connectivity index (χ0v) is 24.5. The lowest BCUT2D eigenvalue weighted by atomic mass is 9.89. The van der Waals surface area contributed by atoms with E-state index in [1.807, 2.05) is 12.3 Å². The highest BCUT2D eigenvalue weighted by molar-refractivity contribution is 5.76. The zero-order chi connectivity index (χ0) is 29.5. The van der Waals surface area contributed by atoms with Crippen LogP contribution in [0.5, 0.6) is 11.5 Å². The topological polar surface area (TPSA) is 186 Å². The summed E-state index contributed by atoms with van der Waals surface area (Å²) in [6.07, 6.45) is 11.2. The quantitative estimate of drug-likeness (QED) is 0.107. The minimum absolute atomic E-state index is 0.0834. The molecule has 12 nitrogen and oxygen atoms in total. The Kier molecular flexibility index (Phi) is 9.96. The molecule has 0 atom stereocenters. The first-order valence-electron chi connectivity index (χ1n) is 15.4.